The van der Waals surface area contributed by atoms with E-state index in [1.165, 1.54) is 6.07 Å². The topological polar surface area (TPSA) is 110 Å². The molecule has 0 spiro atoms. The number of fused-ring (bicyclic) bond motifs is 1. The van der Waals surface area contributed by atoms with Crippen LogP contribution in [0.2, 0.25) is 0 Å². The zero-order valence-electron chi connectivity index (χ0n) is 13.6. The second-order valence-electron chi connectivity index (χ2n) is 5.80. The van der Waals surface area contributed by atoms with Gasteiger partial charge in [0.1, 0.15) is 5.76 Å². The summed E-state index contributed by atoms with van der Waals surface area (Å²) < 4.78 is 74.0. The van der Waals surface area contributed by atoms with Crippen molar-refractivity contribution in [1.29, 1.82) is 0 Å². The third-order valence-electron chi connectivity index (χ3n) is 3.94. The predicted molar refractivity (Wildman–Crippen MR) is 83.3 cm³/mol. The maximum atomic E-state index is 12.8. The van der Waals surface area contributed by atoms with Crippen molar-refractivity contribution in [3.05, 3.63) is 46.7 Å². The first-order valence-electron chi connectivity index (χ1n) is 7.58. The lowest BCUT2D eigenvalue weighted by Gasteiger charge is -2.25. The van der Waals surface area contributed by atoms with Crippen LogP contribution in [-0.2, 0) is 34.9 Å². The zero-order valence-corrected chi connectivity index (χ0v) is 14.4. The average molecular weight is 406 g/mol. The lowest BCUT2D eigenvalue weighted by molar-refractivity contribution is -0.137. The van der Waals surface area contributed by atoms with Crippen molar-refractivity contribution < 1.29 is 40.8 Å². The minimum atomic E-state index is -4.58. The van der Waals surface area contributed by atoms with Gasteiger partial charge in [0.15, 0.2) is 0 Å². The van der Waals surface area contributed by atoms with E-state index in [0.717, 1.165) is 22.5 Å². The van der Waals surface area contributed by atoms with Crippen molar-refractivity contribution >= 4 is 16.2 Å². The molecular weight excluding hydrogens is 393 g/mol. The number of benzene rings is 1. The maximum absolute atomic E-state index is 12.8. The van der Waals surface area contributed by atoms with Crippen LogP contribution < -0.4 is 4.74 Å². The Morgan fingerprint density at radius 1 is 1.37 bits per heavy atom. The number of halogens is 3. The number of sulfonamides is 1. The minimum absolute atomic E-state index is 0.0112. The normalized spacial score (nSPS) is 15.4. The molecule has 1 aliphatic rings. The molecule has 146 valence electrons. The van der Waals surface area contributed by atoms with Crippen LogP contribution >= 0.6 is 0 Å². The largest absolute Gasteiger partial charge is 0.512 e. The van der Waals surface area contributed by atoms with Crippen LogP contribution in [0.25, 0.3) is 0 Å². The number of nitrogens with zero attached hydrogens (tertiary/aromatic N) is 2. The van der Waals surface area contributed by atoms with Crippen LogP contribution in [0.5, 0.6) is 5.88 Å². The van der Waals surface area contributed by atoms with Crippen molar-refractivity contribution in [2.75, 3.05) is 6.54 Å². The molecule has 1 aliphatic heterocycles. The van der Waals surface area contributed by atoms with E-state index in [2.05, 4.69) is 9.89 Å². The summed E-state index contributed by atoms with van der Waals surface area (Å²) in [5.74, 6) is -0.680. The Labute approximate surface area is 151 Å². The quantitative estimate of drug-likeness (QED) is 0.777. The van der Waals surface area contributed by atoms with Gasteiger partial charge in [0.2, 0.25) is 10.0 Å². The van der Waals surface area contributed by atoms with E-state index in [9.17, 15) is 26.4 Å². The van der Waals surface area contributed by atoms with Gasteiger partial charge in [0.05, 0.1) is 16.9 Å². The number of aromatic nitrogens is 1. The summed E-state index contributed by atoms with van der Waals surface area (Å²) in [5, 5.41) is 12.1. The molecule has 0 amide bonds. The van der Waals surface area contributed by atoms with Crippen molar-refractivity contribution in [3.8, 4) is 5.88 Å². The van der Waals surface area contributed by atoms with Gasteiger partial charge in [-0.15, -0.1) is 0 Å². The molecule has 3 rings (SSSR count). The zero-order chi connectivity index (χ0) is 19.8. The first-order chi connectivity index (χ1) is 12.6. The Hall–Kier alpha value is -2.60. The van der Waals surface area contributed by atoms with Crippen molar-refractivity contribution in [1.82, 2.24) is 9.46 Å². The predicted octanol–water partition coefficient (Wildman–Crippen LogP) is 2.64. The molecule has 1 aromatic carbocycles. The molecular formula is C15H13F3N2O6S. The Morgan fingerprint density at radius 3 is 2.78 bits per heavy atom. The van der Waals surface area contributed by atoms with Gasteiger partial charge in [0.25, 0.3) is 5.88 Å². The fourth-order valence-corrected chi connectivity index (χ4v) is 4.18. The molecule has 0 fully saturated rings. The first kappa shape index (κ1) is 19.2. The van der Waals surface area contributed by atoms with E-state index >= 15 is 0 Å². The van der Waals surface area contributed by atoms with Gasteiger partial charge in [0, 0.05) is 19.5 Å². The molecule has 0 aliphatic carbocycles. The molecule has 2 aromatic rings. The standard InChI is InChI=1S/C15H13F3N2O6S/c16-15(17,18)10-3-1-2-9(6-10)8-27(23,24)20-5-4-12-11(7-20)13(19-26-12)25-14(21)22/h1-3,6H,4-5,7-8H2,(H,21,22). The third kappa shape index (κ3) is 4.22. The van der Waals surface area contributed by atoms with Crippen LogP contribution in [0.4, 0.5) is 18.0 Å². The van der Waals surface area contributed by atoms with E-state index in [1.807, 2.05) is 0 Å². The number of hydrogen-bond acceptors (Lipinski definition) is 6. The Balaban J connectivity index is 1.81. The highest BCUT2D eigenvalue weighted by Crippen LogP contribution is 2.32. The highest BCUT2D eigenvalue weighted by Gasteiger charge is 2.34. The molecule has 0 saturated carbocycles. The summed E-state index contributed by atoms with van der Waals surface area (Å²) >= 11 is 0. The van der Waals surface area contributed by atoms with Gasteiger partial charge < -0.3 is 14.4 Å². The Bertz CT molecular complexity index is 970. The molecule has 8 nitrogen and oxygen atoms in total. The Kier molecular flexibility index (Phi) is 4.86. The lowest BCUT2D eigenvalue weighted by atomic mass is 10.1. The van der Waals surface area contributed by atoms with Crippen molar-refractivity contribution in [2.45, 2.75) is 24.9 Å². The van der Waals surface area contributed by atoms with Crippen LogP contribution in [0, 0.1) is 0 Å². The van der Waals surface area contributed by atoms with Crippen molar-refractivity contribution in [2.24, 2.45) is 0 Å². The molecule has 12 heteroatoms. The van der Waals surface area contributed by atoms with Crippen LogP contribution in [0.15, 0.2) is 28.8 Å². The summed E-state index contributed by atoms with van der Waals surface area (Å²) in [4.78, 5) is 10.7. The second-order valence-corrected chi connectivity index (χ2v) is 7.76. The lowest BCUT2D eigenvalue weighted by Crippen LogP contribution is -2.36. The van der Waals surface area contributed by atoms with E-state index in [0.29, 0.717) is 5.76 Å². The Morgan fingerprint density at radius 2 is 2.11 bits per heavy atom. The van der Waals surface area contributed by atoms with E-state index in [-0.39, 0.29) is 36.5 Å². The van der Waals surface area contributed by atoms with E-state index in [4.69, 9.17) is 9.63 Å². The summed E-state index contributed by atoms with van der Waals surface area (Å²) in [7, 11) is -3.97. The van der Waals surface area contributed by atoms with Gasteiger partial charge in [-0.25, -0.2) is 13.2 Å². The molecule has 0 radical (unpaired) electrons. The van der Waals surface area contributed by atoms with Crippen LogP contribution in [-0.4, -0.2) is 35.7 Å². The van der Waals surface area contributed by atoms with Gasteiger partial charge in [-0.2, -0.15) is 17.5 Å². The van der Waals surface area contributed by atoms with Crippen LogP contribution in [0.3, 0.4) is 0 Å². The molecule has 1 N–H and O–H groups in total. The number of hydrogen-bond donors (Lipinski definition) is 1. The maximum Gasteiger partial charge on any atom is 0.512 e. The van der Waals surface area contributed by atoms with Gasteiger partial charge in [-0.1, -0.05) is 18.2 Å². The number of carboxylic acid groups (broad SMARTS) is 1. The van der Waals surface area contributed by atoms with Crippen molar-refractivity contribution in [3.63, 3.8) is 0 Å². The summed E-state index contributed by atoms with van der Waals surface area (Å²) in [6.45, 7) is -0.223. The number of rotatable bonds is 4. The van der Waals surface area contributed by atoms with Gasteiger partial charge in [-0.3, -0.25) is 0 Å². The van der Waals surface area contributed by atoms with E-state index < -0.39 is 33.7 Å². The molecule has 0 bridgehead atoms. The fraction of sp³-hybridized carbons (Fsp3) is 0.333. The number of alkyl halides is 3. The summed E-state index contributed by atoms with van der Waals surface area (Å²) in [6.07, 6.45) is -6.08. The fourth-order valence-electron chi connectivity index (χ4n) is 2.70. The second kappa shape index (κ2) is 6.85. The molecule has 1 aromatic heterocycles. The average Bonchev–Trinajstić information content (AvgIpc) is 2.95. The monoisotopic (exact) mass is 406 g/mol. The number of carbonyl (C=O) groups is 1. The van der Waals surface area contributed by atoms with Gasteiger partial charge in [-0.05, 0) is 16.8 Å². The molecule has 0 saturated heterocycles. The highest BCUT2D eigenvalue weighted by molar-refractivity contribution is 7.88. The molecule has 0 unspecified atom stereocenters. The molecule has 2 heterocycles. The molecule has 0 atom stereocenters. The summed E-state index contributed by atoms with van der Waals surface area (Å²) in [5.41, 5.74) is -0.772. The van der Waals surface area contributed by atoms with Crippen LogP contribution in [0.1, 0.15) is 22.5 Å². The molecule has 27 heavy (non-hydrogen) atoms. The highest BCUT2D eigenvalue weighted by atomic mass is 32.2. The van der Waals surface area contributed by atoms with E-state index in [1.54, 1.807) is 0 Å². The minimum Gasteiger partial charge on any atom is -0.449 e. The first-order valence-corrected chi connectivity index (χ1v) is 9.19. The summed E-state index contributed by atoms with van der Waals surface area (Å²) in [6, 6.07) is 4.07. The number of ether oxygens (including phenoxy) is 1. The third-order valence-corrected chi connectivity index (χ3v) is 5.73. The SMILES string of the molecule is O=C(O)Oc1noc2c1CN(S(=O)(=O)Cc1cccc(C(F)(F)F)c1)CC2. The van der Waals surface area contributed by atoms with Gasteiger partial charge >= 0.3 is 12.3 Å². The smallest absolute Gasteiger partial charge is 0.449 e.